The molecule has 0 aliphatic heterocycles. The summed E-state index contributed by atoms with van der Waals surface area (Å²) in [5.74, 6) is 0.728. The summed E-state index contributed by atoms with van der Waals surface area (Å²) in [4.78, 5) is 12.4. The molecule has 0 aromatic carbocycles. The molecular formula is C14H14N6. The Morgan fingerprint density at radius 3 is 2.95 bits per heavy atom. The third-order valence-electron chi connectivity index (χ3n) is 3.04. The first kappa shape index (κ1) is 12.3. The highest BCUT2D eigenvalue weighted by atomic mass is 15.3. The van der Waals surface area contributed by atoms with Crippen LogP contribution in [0.3, 0.4) is 0 Å². The predicted octanol–water partition coefficient (Wildman–Crippen LogP) is 1.98. The van der Waals surface area contributed by atoms with Crippen LogP contribution in [0, 0.1) is 6.92 Å². The first-order valence-corrected chi connectivity index (χ1v) is 6.28. The molecule has 0 saturated carbocycles. The van der Waals surface area contributed by atoms with E-state index in [4.69, 9.17) is 0 Å². The summed E-state index contributed by atoms with van der Waals surface area (Å²) in [6.45, 7) is 2.76. The lowest BCUT2D eigenvalue weighted by molar-refractivity contribution is 0.844. The third kappa shape index (κ3) is 2.49. The maximum absolute atomic E-state index is 4.34. The Bertz CT molecular complexity index is 692. The zero-order valence-corrected chi connectivity index (χ0v) is 11.1. The fourth-order valence-electron chi connectivity index (χ4n) is 1.91. The van der Waals surface area contributed by atoms with Gasteiger partial charge in [-0.3, -0.25) is 4.98 Å². The molecule has 0 spiro atoms. The molecule has 0 saturated heterocycles. The van der Waals surface area contributed by atoms with Gasteiger partial charge >= 0.3 is 0 Å². The van der Waals surface area contributed by atoms with Crippen LogP contribution in [0.25, 0.3) is 5.82 Å². The van der Waals surface area contributed by atoms with E-state index in [1.165, 1.54) is 11.9 Å². The molecule has 6 nitrogen and oxygen atoms in total. The Morgan fingerprint density at radius 2 is 2.15 bits per heavy atom. The van der Waals surface area contributed by atoms with Crippen molar-refractivity contribution in [3.05, 3.63) is 60.6 Å². The van der Waals surface area contributed by atoms with Crippen molar-refractivity contribution in [1.82, 2.24) is 24.7 Å². The monoisotopic (exact) mass is 266 g/mol. The van der Waals surface area contributed by atoms with Gasteiger partial charge in [-0.05, 0) is 36.2 Å². The number of anilines is 1. The third-order valence-corrected chi connectivity index (χ3v) is 3.04. The van der Waals surface area contributed by atoms with E-state index in [9.17, 15) is 0 Å². The van der Waals surface area contributed by atoms with E-state index in [2.05, 4.69) is 32.3 Å². The minimum atomic E-state index is 0.688. The highest BCUT2D eigenvalue weighted by Crippen LogP contribution is 2.17. The van der Waals surface area contributed by atoms with Crippen molar-refractivity contribution in [2.75, 3.05) is 5.32 Å². The van der Waals surface area contributed by atoms with Gasteiger partial charge in [0.2, 0.25) is 0 Å². The smallest absolute Gasteiger partial charge is 0.178 e. The summed E-state index contributed by atoms with van der Waals surface area (Å²) in [7, 11) is 0. The van der Waals surface area contributed by atoms with Crippen LogP contribution in [-0.4, -0.2) is 24.7 Å². The van der Waals surface area contributed by atoms with Gasteiger partial charge in [0.05, 0.1) is 5.69 Å². The molecule has 100 valence electrons. The number of pyridine rings is 2. The average molecular weight is 266 g/mol. The van der Waals surface area contributed by atoms with Crippen LogP contribution >= 0.6 is 0 Å². The molecule has 0 unspecified atom stereocenters. The summed E-state index contributed by atoms with van der Waals surface area (Å²) >= 11 is 0. The fraction of sp³-hybridized carbons (Fsp3) is 0.143. The van der Waals surface area contributed by atoms with Crippen molar-refractivity contribution in [1.29, 1.82) is 0 Å². The van der Waals surface area contributed by atoms with E-state index >= 15 is 0 Å². The van der Waals surface area contributed by atoms with Crippen LogP contribution in [0.5, 0.6) is 0 Å². The second kappa shape index (κ2) is 5.48. The molecule has 1 N–H and O–H groups in total. The Labute approximate surface area is 116 Å². The highest BCUT2D eigenvalue weighted by Gasteiger charge is 2.06. The molecular weight excluding hydrogens is 252 g/mol. The zero-order chi connectivity index (χ0) is 13.8. The topological polar surface area (TPSA) is 68.5 Å². The number of rotatable bonds is 4. The lowest BCUT2D eigenvalue weighted by Crippen LogP contribution is -2.07. The van der Waals surface area contributed by atoms with Gasteiger partial charge < -0.3 is 5.32 Å². The molecule has 3 heterocycles. The van der Waals surface area contributed by atoms with Gasteiger partial charge in [0, 0.05) is 25.1 Å². The number of nitrogens with zero attached hydrogens (tertiary/aromatic N) is 5. The molecule has 0 atom stereocenters. The van der Waals surface area contributed by atoms with Gasteiger partial charge in [0.25, 0.3) is 0 Å². The second-order valence-corrected chi connectivity index (χ2v) is 4.37. The fourth-order valence-corrected chi connectivity index (χ4v) is 1.91. The highest BCUT2D eigenvalue weighted by molar-refractivity contribution is 5.56. The van der Waals surface area contributed by atoms with E-state index in [1.54, 1.807) is 23.4 Å². The van der Waals surface area contributed by atoms with Crippen molar-refractivity contribution in [3.63, 3.8) is 0 Å². The predicted molar refractivity (Wildman–Crippen MR) is 75.5 cm³/mol. The summed E-state index contributed by atoms with van der Waals surface area (Å²) in [6, 6.07) is 5.85. The molecule has 0 radical (unpaired) electrons. The number of hydrogen-bond acceptors (Lipinski definition) is 5. The standard InChI is InChI=1S/C14H14N6/c1-11-4-6-15-7-12(11)8-18-13-3-2-5-17-14(13)20-10-16-9-19-20/h2-7,9-10,18H,8H2,1H3. The molecule has 3 rings (SSSR count). The summed E-state index contributed by atoms with van der Waals surface area (Å²) in [6.07, 6.45) is 8.52. The molecule has 3 aromatic rings. The number of aromatic nitrogens is 5. The quantitative estimate of drug-likeness (QED) is 0.782. The molecule has 20 heavy (non-hydrogen) atoms. The van der Waals surface area contributed by atoms with Crippen molar-refractivity contribution in [2.24, 2.45) is 0 Å². The Kier molecular flexibility index (Phi) is 3.36. The van der Waals surface area contributed by atoms with Crippen molar-refractivity contribution in [3.8, 4) is 5.82 Å². The van der Waals surface area contributed by atoms with Gasteiger partial charge in [-0.2, -0.15) is 5.10 Å². The Morgan fingerprint density at radius 1 is 1.20 bits per heavy atom. The van der Waals surface area contributed by atoms with E-state index in [0.29, 0.717) is 6.54 Å². The molecule has 3 aromatic heterocycles. The Hall–Kier alpha value is -2.76. The van der Waals surface area contributed by atoms with Crippen LogP contribution in [0.4, 0.5) is 5.69 Å². The molecule has 0 aliphatic rings. The second-order valence-electron chi connectivity index (χ2n) is 4.37. The minimum absolute atomic E-state index is 0.688. The molecule has 6 heteroatoms. The summed E-state index contributed by atoms with van der Waals surface area (Å²) in [5, 5.41) is 7.48. The van der Waals surface area contributed by atoms with Crippen LogP contribution in [-0.2, 0) is 6.54 Å². The lowest BCUT2D eigenvalue weighted by Gasteiger charge is -2.11. The van der Waals surface area contributed by atoms with E-state index in [-0.39, 0.29) is 0 Å². The number of aryl methyl sites for hydroxylation is 1. The average Bonchev–Trinajstić information content (AvgIpc) is 3.01. The normalized spacial score (nSPS) is 10.4. The maximum atomic E-state index is 4.34. The molecule has 0 amide bonds. The van der Waals surface area contributed by atoms with Crippen molar-refractivity contribution in [2.45, 2.75) is 13.5 Å². The summed E-state index contributed by atoms with van der Waals surface area (Å²) in [5.41, 5.74) is 3.26. The zero-order valence-electron chi connectivity index (χ0n) is 11.1. The first-order valence-electron chi connectivity index (χ1n) is 6.28. The van der Waals surface area contributed by atoms with Gasteiger partial charge in [-0.25, -0.2) is 14.6 Å². The van der Waals surface area contributed by atoms with Crippen molar-refractivity contribution < 1.29 is 0 Å². The van der Waals surface area contributed by atoms with Crippen molar-refractivity contribution >= 4 is 5.69 Å². The van der Waals surface area contributed by atoms with Gasteiger partial charge in [0.1, 0.15) is 12.7 Å². The van der Waals surface area contributed by atoms with E-state index < -0.39 is 0 Å². The first-order chi connectivity index (χ1) is 9.84. The lowest BCUT2D eigenvalue weighted by atomic mass is 10.1. The molecule has 0 aliphatic carbocycles. The number of nitrogens with one attached hydrogen (secondary N) is 1. The van der Waals surface area contributed by atoms with Crippen LogP contribution in [0.1, 0.15) is 11.1 Å². The largest absolute Gasteiger partial charge is 0.378 e. The van der Waals surface area contributed by atoms with Gasteiger partial charge in [0.15, 0.2) is 5.82 Å². The summed E-state index contributed by atoms with van der Waals surface area (Å²) < 4.78 is 1.64. The Balaban J connectivity index is 1.84. The number of hydrogen-bond donors (Lipinski definition) is 1. The van der Waals surface area contributed by atoms with Gasteiger partial charge in [-0.1, -0.05) is 0 Å². The van der Waals surface area contributed by atoms with Crippen LogP contribution < -0.4 is 5.32 Å². The van der Waals surface area contributed by atoms with Crippen LogP contribution in [0.15, 0.2) is 49.4 Å². The van der Waals surface area contributed by atoms with E-state index in [1.807, 2.05) is 24.4 Å². The van der Waals surface area contributed by atoms with E-state index in [0.717, 1.165) is 17.1 Å². The molecule has 0 bridgehead atoms. The van der Waals surface area contributed by atoms with Crippen LogP contribution in [0.2, 0.25) is 0 Å². The molecule has 0 fully saturated rings. The van der Waals surface area contributed by atoms with Gasteiger partial charge in [-0.15, -0.1) is 0 Å². The minimum Gasteiger partial charge on any atom is -0.378 e. The SMILES string of the molecule is Cc1ccncc1CNc1cccnc1-n1cncn1. The maximum Gasteiger partial charge on any atom is 0.178 e.